The van der Waals surface area contributed by atoms with Crippen LogP contribution in [-0.2, 0) is 4.74 Å². The minimum atomic E-state index is -0.376. The summed E-state index contributed by atoms with van der Waals surface area (Å²) in [7, 11) is 0. The monoisotopic (exact) mass is 376 g/mol. The Morgan fingerprint density at radius 1 is 1.40 bits per heavy atom. The van der Waals surface area contributed by atoms with E-state index in [-0.39, 0.29) is 24.5 Å². The van der Waals surface area contributed by atoms with Gasteiger partial charge in [0.1, 0.15) is 5.69 Å². The predicted molar refractivity (Wildman–Crippen MR) is 95.9 cm³/mol. The van der Waals surface area contributed by atoms with Gasteiger partial charge >= 0.3 is 6.09 Å². The van der Waals surface area contributed by atoms with E-state index in [2.05, 4.69) is 21.2 Å². The Balaban J connectivity index is 1.54. The van der Waals surface area contributed by atoms with Gasteiger partial charge < -0.3 is 9.64 Å². The number of anilines is 1. The zero-order chi connectivity index (χ0) is 17.6. The maximum atomic E-state index is 12.2. The van der Waals surface area contributed by atoms with Crippen LogP contribution in [0.2, 0.25) is 0 Å². The number of piperidine rings is 1. The van der Waals surface area contributed by atoms with Crippen LogP contribution in [0.5, 0.6) is 0 Å². The molecule has 130 valence electrons. The molecule has 3 rings (SSSR count). The third-order valence-corrected chi connectivity index (χ3v) is 5.48. The normalized spacial score (nSPS) is 14.8. The summed E-state index contributed by atoms with van der Waals surface area (Å²) in [5.74, 6) is 2.26. The topological polar surface area (TPSA) is 84.4 Å². The summed E-state index contributed by atoms with van der Waals surface area (Å²) < 4.78 is 4.94. The number of amides is 2. The van der Waals surface area contributed by atoms with E-state index >= 15 is 0 Å². The standard InChI is InChI=1S/C16H16N4O3S2/c1-2-8-23-16(22)20-6-3-11(4-7-20)14-18-12(10-25-14)13(21)19-15-17-5-9-24-15/h1,5,9-11H,3-4,6-8H2,(H,17,19,21). The molecule has 1 N–H and O–H groups in total. The molecule has 0 saturated carbocycles. The van der Waals surface area contributed by atoms with Gasteiger partial charge in [-0.2, -0.15) is 0 Å². The third kappa shape index (κ3) is 4.35. The first-order chi connectivity index (χ1) is 12.2. The van der Waals surface area contributed by atoms with Crippen LogP contribution in [0.15, 0.2) is 17.0 Å². The Bertz CT molecular complexity index is 774. The number of nitrogens with one attached hydrogen (secondary N) is 1. The van der Waals surface area contributed by atoms with Gasteiger partial charge in [-0.15, -0.1) is 29.1 Å². The van der Waals surface area contributed by atoms with E-state index < -0.39 is 0 Å². The number of terminal acetylenes is 1. The van der Waals surface area contributed by atoms with Crippen LogP contribution < -0.4 is 5.32 Å². The van der Waals surface area contributed by atoms with E-state index in [4.69, 9.17) is 11.2 Å². The van der Waals surface area contributed by atoms with Gasteiger partial charge in [-0.3, -0.25) is 10.1 Å². The summed E-state index contributed by atoms with van der Waals surface area (Å²) in [6.07, 6.45) is 7.91. The van der Waals surface area contributed by atoms with Gasteiger partial charge in [0.2, 0.25) is 0 Å². The van der Waals surface area contributed by atoms with Crippen molar-refractivity contribution in [1.29, 1.82) is 0 Å². The smallest absolute Gasteiger partial charge is 0.410 e. The summed E-state index contributed by atoms with van der Waals surface area (Å²) in [6.45, 7) is 1.17. The van der Waals surface area contributed by atoms with Crippen molar-refractivity contribution in [2.75, 3.05) is 25.0 Å². The van der Waals surface area contributed by atoms with Crippen LogP contribution in [0.4, 0.5) is 9.93 Å². The molecule has 3 heterocycles. The second kappa shape index (κ2) is 8.09. The molecular weight excluding hydrogens is 360 g/mol. The van der Waals surface area contributed by atoms with Gasteiger partial charge in [-0.1, -0.05) is 5.92 Å². The van der Waals surface area contributed by atoms with Gasteiger partial charge in [-0.05, 0) is 12.8 Å². The number of nitrogens with zero attached hydrogens (tertiary/aromatic N) is 3. The zero-order valence-electron chi connectivity index (χ0n) is 13.3. The second-order valence-electron chi connectivity index (χ2n) is 5.38. The molecule has 0 bridgehead atoms. The van der Waals surface area contributed by atoms with E-state index in [9.17, 15) is 9.59 Å². The quantitative estimate of drug-likeness (QED) is 0.830. The molecular formula is C16H16N4O3S2. The first-order valence-corrected chi connectivity index (χ1v) is 9.44. The molecule has 1 saturated heterocycles. The lowest BCUT2D eigenvalue weighted by atomic mass is 9.98. The lowest BCUT2D eigenvalue weighted by molar-refractivity contribution is 0.102. The highest BCUT2D eigenvalue weighted by atomic mass is 32.1. The Labute approximate surface area is 153 Å². The van der Waals surface area contributed by atoms with Gasteiger partial charge in [0.25, 0.3) is 5.91 Å². The Kier molecular flexibility index (Phi) is 5.63. The lowest BCUT2D eigenvalue weighted by Gasteiger charge is -2.30. The molecule has 9 heteroatoms. The number of rotatable bonds is 4. The fourth-order valence-electron chi connectivity index (χ4n) is 2.53. The highest BCUT2D eigenvalue weighted by Crippen LogP contribution is 2.30. The van der Waals surface area contributed by atoms with Crippen LogP contribution in [0.25, 0.3) is 0 Å². The first-order valence-electron chi connectivity index (χ1n) is 7.69. The van der Waals surface area contributed by atoms with Crippen LogP contribution in [-0.4, -0.2) is 46.6 Å². The molecule has 1 fully saturated rings. The Morgan fingerprint density at radius 2 is 2.20 bits per heavy atom. The van der Waals surface area contributed by atoms with Crippen molar-refractivity contribution < 1.29 is 14.3 Å². The van der Waals surface area contributed by atoms with Gasteiger partial charge in [0.05, 0.1) is 5.01 Å². The van der Waals surface area contributed by atoms with E-state index in [0.717, 1.165) is 17.8 Å². The summed E-state index contributed by atoms with van der Waals surface area (Å²) >= 11 is 2.83. The summed E-state index contributed by atoms with van der Waals surface area (Å²) in [5.41, 5.74) is 0.394. The number of thiazole rings is 2. The summed E-state index contributed by atoms with van der Waals surface area (Å²) in [5, 5.41) is 7.75. The number of hydrogen-bond acceptors (Lipinski definition) is 7. The average Bonchev–Trinajstić information content (AvgIpc) is 3.31. The van der Waals surface area contributed by atoms with Crippen molar-refractivity contribution in [3.05, 3.63) is 27.7 Å². The number of carbonyl (C=O) groups excluding carboxylic acids is 2. The zero-order valence-corrected chi connectivity index (χ0v) is 14.9. The number of ether oxygens (including phenoxy) is 1. The van der Waals surface area contributed by atoms with Crippen LogP contribution in [0, 0.1) is 12.3 Å². The molecule has 2 amide bonds. The van der Waals surface area contributed by atoms with E-state index in [1.165, 1.54) is 22.7 Å². The van der Waals surface area contributed by atoms with Crippen molar-refractivity contribution in [2.24, 2.45) is 0 Å². The molecule has 2 aromatic heterocycles. The van der Waals surface area contributed by atoms with Crippen LogP contribution in [0.1, 0.15) is 34.3 Å². The molecule has 0 unspecified atom stereocenters. The van der Waals surface area contributed by atoms with E-state index in [0.29, 0.717) is 23.9 Å². The molecule has 25 heavy (non-hydrogen) atoms. The summed E-state index contributed by atoms with van der Waals surface area (Å²) in [6, 6.07) is 0. The van der Waals surface area contributed by atoms with Gasteiger partial charge in [0.15, 0.2) is 11.7 Å². The van der Waals surface area contributed by atoms with E-state index in [1.807, 2.05) is 0 Å². The van der Waals surface area contributed by atoms with Crippen molar-refractivity contribution in [3.63, 3.8) is 0 Å². The fraction of sp³-hybridized carbons (Fsp3) is 0.375. The molecule has 2 aromatic rings. The SMILES string of the molecule is C#CCOC(=O)N1CCC(c2nc(C(=O)Nc3nccs3)cs2)CC1. The number of likely N-dealkylation sites (tertiary alicyclic amines) is 1. The maximum Gasteiger partial charge on any atom is 0.410 e. The first kappa shape index (κ1) is 17.4. The lowest BCUT2D eigenvalue weighted by Crippen LogP contribution is -2.38. The van der Waals surface area contributed by atoms with Crippen molar-refractivity contribution in [1.82, 2.24) is 14.9 Å². The van der Waals surface area contributed by atoms with Crippen LogP contribution >= 0.6 is 22.7 Å². The van der Waals surface area contributed by atoms with Crippen molar-refractivity contribution in [2.45, 2.75) is 18.8 Å². The highest BCUT2D eigenvalue weighted by molar-refractivity contribution is 7.13. The van der Waals surface area contributed by atoms with Crippen LogP contribution in [0.3, 0.4) is 0 Å². The second-order valence-corrected chi connectivity index (χ2v) is 7.17. The predicted octanol–water partition coefficient (Wildman–Crippen LogP) is 2.80. The molecule has 7 nitrogen and oxygen atoms in total. The maximum absolute atomic E-state index is 12.2. The molecule has 1 aliphatic heterocycles. The Morgan fingerprint density at radius 3 is 2.88 bits per heavy atom. The van der Waals surface area contributed by atoms with Gasteiger partial charge in [0, 0.05) is 36.0 Å². The molecule has 0 aromatic carbocycles. The fourth-order valence-corrected chi connectivity index (χ4v) is 4.02. The minimum absolute atomic E-state index is 0.0111. The molecule has 0 aliphatic carbocycles. The molecule has 0 spiro atoms. The molecule has 0 radical (unpaired) electrons. The van der Waals surface area contributed by atoms with E-state index in [1.54, 1.807) is 21.9 Å². The summed E-state index contributed by atoms with van der Waals surface area (Å²) in [4.78, 5) is 34.1. The van der Waals surface area contributed by atoms with Crippen molar-refractivity contribution in [3.8, 4) is 12.3 Å². The number of carbonyl (C=O) groups is 2. The minimum Gasteiger partial charge on any atom is -0.436 e. The highest BCUT2D eigenvalue weighted by Gasteiger charge is 2.27. The number of aromatic nitrogens is 2. The molecule has 1 aliphatic rings. The largest absolute Gasteiger partial charge is 0.436 e. The van der Waals surface area contributed by atoms with Crippen molar-refractivity contribution >= 4 is 39.8 Å². The van der Waals surface area contributed by atoms with Gasteiger partial charge in [-0.25, -0.2) is 14.8 Å². The number of hydrogen-bond donors (Lipinski definition) is 1. The third-order valence-electron chi connectivity index (χ3n) is 3.79. The average molecular weight is 376 g/mol. The molecule has 0 atom stereocenters. The Hall–Kier alpha value is -2.44.